The van der Waals surface area contributed by atoms with E-state index in [0.717, 1.165) is 5.56 Å². The van der Waals surface area contributed by atoms with Crippen molar-refractivity contribution in [2.45, 2.75) is 26.8 Å². The number of nitrogens with zero attached hydrogens (tertiary/aromatic N) is 2. The number of hydrogen-bond donors (Lipinski definition) is 1. The van der Waals surface area contributed by atoms with Gasteiger partial charge in [0.05, 0.1) is 6.04 Å². The Morgan fingerprint density at radius 3 is 2.61 bits per heavy atom. The first kappa shape index (κ1) is 12.4. The molecule has 1 N–H and O–H groups in total. The van der Waals surface area contributed by atoms with Gasteiger partial charge in [0.25, 0.3) is 0 Å². The Morgan fingerprint density at radius 1 is 1.33 bits per heavy atom. The molecule has 0 aliphatic carbocycles. The van der Waals surface area contributed by atoms with Crippen LogP contribution < -0.4 is 5.32 Å². The summed E-state index contributed by atoms with van der Waals surface area (Å²) in [4.78, 5) is 11.1. The van der Waals surface area contributed by atoms with E-state index in [1.807, 2.05) is 36.0 Å². The zero-order valence-corrected chi connectivity index (χ0v) is 10.8. The maximum absolute atomic E-state index is 11.1. The van der Waals surface area contributed by atoms with Crippen LogP contribution in [-0.4, -0.2) is 15.7 Å². The summed E-state index contributed by atoms with van der Waals surface area (Å²) in [6.45, 7) is 5.50. The molecule has 1 amide bonds. The Kier molecular flexibility index (Phi) is 3.46. The van der Waals surface area contributed by atoms with Gasteiger partial charge in [0.1, 0.15) is 0 Å². The number of amides is 1. The Morgan fingerprint density at radius 2 is 2.00 bits per heavy atom. The van der Waals surface area contributed by atoms with Crippen molar-refractivity contribution >= 4 is 11.7 Å². The molecule has 18 heavy (non-hydrogen) atoms. The number of carbonyl (C=O) groups excluding carboxylic acids is 1. The molecule has 4 nitrogen and oxygen atoms in total. The number of anilines is 1. The minimum Gasteiger partial charge on any atom is -0.309 e. The Bertz CT molecular complexity index is 545. The molecular formula is C14H17N3O. The highest BCUT2D eigenvalue weighted by Gasteiger charge is 2.12. The molecule has 1 aromatic carbocycles. The highest BCUT2D eigenvalue weighted by Crippen LogP contribution is 2.20. The van der Waals surface area contributed by atoms with Gasteiger partial charge in [-0.1, -0.05) is 30.3 Å². The molecule has 0 fully saturated rings. The van der Waals surface area contributed by atoms with Crippen LogP contribution in [0.25, 0.3) is 0 Å². The first-order valence-electron chi connectivity index (χ1n) is 5.96. The third kappa shape index (κ3) is 2.59. The Balaban J connectivity index is 2.26. The molecule has 0 saturated heterocycles. The summed E-state index contributed by atoms with van der Waals surface area (Å²) in [7, 11) is 0. The zero-order chi connectivity index (χ0) is 13.1. The molecule has 0 saturated carbocycles. The SMILES string of the molecule is CC(=O)Nc1nn([C@H](C)c2ccccc2)cc1C. The lowest BCUT2D eigenvalue weighted by molar-refractivity contribution is -0.114. The molecule has 0 aliphatic heterocycles. The lowest BCUT2D eigenvalue weighted by Gasteiger charge is -2.12. The molecule has 1 aromatic heterocycles. The van der Waals surface area contributed by atoms with Crippen molar-refractivity contribution in [1.29, 1.82) is 0 Å². The van der Waals surface area contributed by atoms with E-state index in [1.54, 1.807) is 0 Å². The Labute approximate surface area is 107 Å². The van der Waals surface area contributed by atoms with E-state index in [-0.39, 0.29) is 11.9 Å². The second kappa shape index (κ2) is 5.04. The van der Waals surface area contributed by atoms with E-state index in [9.17, 15) is 4.79 Å². The molecule has 0 bridgehead atoms. The predicted octanol–water partition coefficient (Wildman–Crippen LogP) is 2.76. The van der Waals surface area contributed by atoms with E-state index in [2.05, 4.69) is 29.5 Å². The maximum atomic E-state index is 11.1. The smallest absolute Gasteiger partial charge is 0.222 e. The number of aromatic nitrogens is 2. The van der Waals surface area contributed by atoms with Gasteiger partial charge >= 0.3 is 0 Å². The number of rotatable bonds is 3. The third-order valence-corrected chi connectivity index (χ3v) is 2.89. The van der Waals surface area contributed by atoms with E-state index in [4.69, 9.17) is 0 Å². The zero-order valence-electron chi connectivity index (χ0n) is 10.8. The molecule has 2 aromatic rings. The van der Waals surface area contributed by atoms with Crippen LogP contribution >= 0.6 is 0 Å². The van der Waals surface area contributed by atoms with Crippen LogP contribution in [0.4, 0.5) is 5.82 Å². The summed E-state index contributed by atoms with van der Waals surface area (Å²) in [6.07, 6.45) is 1.95. The lowest BCUT2D eigenvalue weighted by atomic mass is 10.1. The van der Waals surface area contributed by atoms with Gasteiger partial charge in [-0.05, 0) is 19.4 Å². The molecular weight excluding hydrogens is 226 g/mol. The van der Waals surface area contributed by atoms with E-state index in [0.29, 0.717) is 5.82 Å². The highest BCUT2D eigenvalue weighted by atomic mass is 16.1. The van der Waals surface area contributed by atoms with Crippen LogP contribution in [0, 0.1) is 6.92 Å². The minimum absolute atomic E-state index is 0.101. The fourth-order valence-corrected chi connectivity index (χ4v) is 1.86. The van der Waals surface area contributed by atoms with Gasteiger partial charge in [0, 0.05) is 18.7 Å². The molecule has 0 unspecified atom stereocenters. The summed E-state index contributed by atoms with van der Waals surface area (Å²) in [5, 5.41) is 7.14. The lowest BCUT2D eigenvalue weighted by Crippen LogP contribution is -2.10. The van der Waals surface area contributed by atoms with Gasteiger partial charge in [-0.2, -0.15) is 5.10 Å². The molecule has 0 radical (unpaired) electrons. The number of benzene rings is 1. The van der Waals surface area contributed by atoms with Crippen molar-refractivity contribution in [2.24, 2.45) is 0 Å². The van der Waals surface area contributed by atoms with Gasteiger partial charge in [-0.15, -0.1) is 0 Å². The monoisotopic (exact) mass is 243 g/mol. The molecule has 1 heterocycles. The summed E-state index contributed by atoms with van der Waals surface area (Å²) in [6, 6.07) is 10.3. The van der Waals surface area contributed by atoms with Crippen LogP contribution in [0.2, 0.25) is 0 Å². The van der Waals surface area contributed by atoms with Gasteiger partial charge in [-0.3, -0.25) is 9.48 Å². The number of aryl methyl sites for hydroxylation is 1. The van der Waals surface area contributed by atoms with Gasteiger partial charge in [0.2, 0.25) is 5.91 Å². The average molecular weight is 243 g/mol. The average Bonchev–Trinajstić information content (AvgIpc) is 2.70. The normalized spacial score (nSPS) is 12.2. The van der Waals surface area contributed by atoms with Crippen LogP contribution in [0.3, 0.4) is 0 Å². The molecule has 1 atom stereocenters. The van der Waals surface area contributed by atoms with E-state index >= 15 is 0 Å². The first-order chi connectivity index (χ1) is 8.58. The minimum atomic E-state index is -0.101. The van der Waals surface area contributed by atoms with Crippen LogP contribution in [0.5, 0.6) is 0 Å². The largest absolute Gasteiger partial charge is 0.309 e. The van der Waals surface area contributed by atoms with E-state index in [1.165, 1.54) is 12.5 Å². The molecule has 2 rings (SSSR count). The quantitative estimate of drug-likeness (QED) is 0.901. The fraction of sp³-hybridized carbons (Fsp3) is 0.286. The van der Waals surface area contributed by atoms with Crippen molar-refractivity contribution in [3.8, 4) is 0 Å². The third-order valence-electron chi connectivity index (χ3n) is 2.89. The Hall–Kier alpha value is -2.10. The summed E-state index contributed by atoms with van der Waals surface area (Å²) >= 11 is 0. The molecule has 94 valence electrons. The standard InChI is InChI=1S/C14H17N3O/c1-10-9-17(16-14(10)15-12(3)18)11(2)13-7-5-4-6-8-13/h4-9,11H,1-3H3,(H,15,16,18)/t11-/m1/s1. The highest BCUT2D eigenvalue weighted by molar-refractivity contribution is 5.88. The second-order valence-corrected chi connectivity index (χ2v) is 4.41. The van der Waals surface area contributed by atoms with Crippen LogP contribution in [0.15, 0.2) is 36.5 Å². The van der Waals surface area contributed by atoms with Crippen molar-refractivity contribution in [3.05, 3.63) is 47.7 Å². The number of hydrogen-bond acceptors (Lipinski definition) is 2. The topological polar surface area (TPSA) is 46.9 Å². The summed E-state index contributed by atoms with van der Waals surface area (Å²) in [5.41, 5.74) is 2.15. The van der Waals surface area contributed by atoms with Crippen LogP contribution in [0.1, 0.15) is 31.0 Å². The van der Waals surface area contributed by atoms with E-state index < -0.39 is 0 Å². The predicted molar refractivity (Wildman–Crippen MR) is 71.5 cm³/mol. The van der Waals surface area contributed by atoms with Crippen molar-refractivity contribution in [2.75, 3.05) is 5.32 Å². The molecule has 0 aliphatic rings. The molecule has 0 spiro atoms. The molecule has 4 heteroatoms. The fourth-order valence-electron chi connectivity index (χ4n) is 1.86. The van der Waals surface area contributed by atoms with Crippen molar-refractivity contribution in [3.63, 3.8) is 0 Å². The van der Waals surface area contributed by atoms with Crippen molar-refractivity contribution in [1.82, 2.24) is 9.78 Å². The van der Waals surface area contributed by atoms with Crippen molar-refractivity contribution < 1.29 is 4.79 Å². The van der Waals surface area contributed by atoms with Gasteiger partial charge < -0.3 is 5.32 Å². The van der Waals surface area contributed by atoms with Crippen LogP contribution in [-0.2, 0) is 4.79 Å². The number of carbonyl (C=O) groups is 1. The summed E-state index contributed by atoms with van der Waals surface area (Å²) < 4.78 is 1.87. The second-order valence-electron chi connectivity index (χ2n) is 4.41. The van der Waals surface area contributed by atoms with Gasteiger partial charge in [0.15, 0.2) is 5.82 Å². The first-order valence-corrected chi connectivity index (χ1v) is 5.96. The maximum Gasteiger partial charge on any atom is 0.222 e. The van der Waals surface area contributed by atoms with Gasteiger partial charge in [-0.25, -0.2) is 0 Å². The summed E-state index contributed by atoms with van der Waals surface area (Å²) in [5.74, 6) is 0.529. The number of nitrogens with one attached hydrogen (secondary N) is 1.